The van der Waals surface area contributed by atoms with Gasteiger partial charge in [0.05, 0.1) is 25.9 Å². The van der Waals surface area contributed by atoms with Crippen molar-refractivity contribution in [1.82, 2.24) is 15.6 Å². The first-order chi connectivity index (χ1) is 11.5. The fraction of sp³-hybridized carbons (Fsp3) is 0.412. The Balaban J connectivity index is 2.00. The van der Waals surface area contributed by atoms with Crippen molar-refractivity contribution in [3.8, 4) is 5.88 Å². The van der Waals surface area contributed by atoms with Gasteiger partial charge in [0.2, 0.25) is 5.88 Å². The summed E-state index contributed by atoms with van der Waals surface area (Å²) < 4.78 is 5.12. The standard InChI is InChI=1S/C17H24N4O2S/c1-4-18-16(19-10-14-6-5-7-15(21-14)23-3)20-12-17(2,22)13-8-9-24-11-13/h5-9,11,22H,4,10,12H2,1-3H3,(H2,18,19,20). The van der Waals surface area contributed by atoms with Crippen LogP contribution in [0, 0.1) is 0 Å². The van der Waals surface area contributed by atoms with Crippen LogP contribution in [0.3, 0.4) is 0 Å². The van der Waals surface area contributed by atoms with Crippen LogP contribution in [0.4, 0.5) is 0 Å². The molecule has 0 spiro atoms. The molecule has 0 bridgehead atoms. The number of methoxy groups -OCH3 is 1. The fourth-order valence-electron chi connectivity index (χ4n) is 2.09. The summed E-state index contributed by atoms with van der Waals surface area (Å²) in [6, 6.07) is 7.51. The molecular formula is C17H24N4O2S. The Morgan fingerprint density at radius 2 is 2.21 bits per heavy atom. The lowest BCUT2D eigenvalue weighted by Gasteiger charge is -2.24. The molecule has 7 heteroatoms. The minimum absolute atomic E-state index is 0.362. The lowest BCUT2D eigenvalue weighted by Crippen LogP contribution is -2.44. The Labute approximate surface area is 146 Å². The van der Waals surface area contributed by atoms with E-state index in [4.69, 9.17) is 4.74 Å². The van der Waals surface area contributed by atoms with Crippen LogP contribution < -0.4 is 15.4 Å². The van der Waals surface area contributed by atoms with E-state index in [-0.39, 0.29) is 0 Å². The van der Waals surface area contributed by atoms with E-state index in [1.165, 1.54) is 0 Å². The van der Waals surface area contributed by atoms with Gasteiger partial charge in [0.15, 0.2) is 5.96 Å². The summed E-state index contributed by atoms with van der Waals surface area (Å²) in [5.74, 6) is 1.21. The molecule has 130 valence electrons. The zero-order valence-corrected chi connectivity index (χ0v) is 15.1. The lowest BCUT2D eigenvalue weighted by molar-refractivity contribution is 0.0621. The molecule has 2 aromatic rings. The number of aromatic nitrogens is 1. The second-order valence-electron chi connectivity index (χ2n) is 5.51. The number of thiophene rings is 1. The minimum atomic E-state index is -0.954. The molecule has 0 saturated carbocycles. The highest BCUT2D eigenvalue weighted by Crippen LogP contribution is 2.21. The van der Waals surface area contributed by atoms with Gasteiger partial charge >= 0.3 is 0 Å². The van der Waals surface area contributed by atoms with Gasteiger partial charge in [0.25, 0.3) is 0 Å². The van der Waals surface area contributed by atoms with Crippen LogP contribution in [-0.4, -0.2) is 36.2 Å². The molecule has 1 unspecified atom stereocenters. The van der Waals surface area contributed by atoms with E-state index >= 15 is 0 Å². The summed E-state index contributed by atoms with van der Waals surface area (Å²) in [6.45, 7) is 5.31. The summed E-state index contributed by atoms with van der Waals surface area (Å²) >= 11 is 1.57. The molecule has 0 amide bonds. The second kappa shape index (κ2) is 8.65. The summed E-state index contributed by atoms with van der Waals surface area (Å²) in [4.78, 5) is 8.85. The Bertz CT molecular complexity index is 656. The van der Waals surface area contributed by atoms with Gasteiger partial charge in [-0.25, -0.2) is 9.98 Å². The van der Waals surface area contributed by atoms with Crippen LogP contribution in [0.25, 0.3) is 0 Å². The smallest absolute Gasteiger partial charge is 0.213 e. The van der Waals surface area contributed by atoms with Crippen molar-refractivity contribution in [2.75, 3.05) is 20.2 Å². The maximum atomic E-state index is 10.6. The first kappa shape index (κ1) is 18.2. The molecular weight excluding hydrogens is 324 g/mol. The summed E-state index contributed by atoms with van der Waals surface area (Å²) in [5, 5.41) is 20.8. The first-order valence-electron chi connectivity index (χ1n) is 7.82. The topological polar surface area (TPSA) is 78.8 Å². The minimum Gasteiger partial charge on any atom is -0.481 e. The number of pyridine rings is 1. The van der Waals surface area contributed by atoms with E-state index in [0.717, 1.165) is 17.8 Å². The van der Waals surface area contributed by atoms with Crippen LogP contribution >= 0.6 is 11.3 Å². The van der Waals surface area contributed by atoms with Crippen LogP contribution in [-0.2, 0) is 12.1 Å². The van der Waals surface area contributed by atoms with Gasteiger partial charge in [0, 0.05) is 12.6 Å². The van der Waals surface area contributed by atoms with Gasteiger partial charge < -0.3 is 20.5 Å². The highest BCUT2D eigenvalue weighted by Gasteiger charge is 2.23. The molecule has 6 nitrogen and oxygen atoms in total. The zero-order valence-electron chi connectivity index (χ0n) is 14.2. The first-order valence-corrected chi connectivity index (χ1v) is 8.76. The maximum Gasteiger partial charge on any atom is 0.213 e. The molecule has 0 saturated heterocycles. The largest absolute Gasteiger partial charge is 0.481 e. The number of nitrogens with zero attached hydrogens (tertiary/aromatic N) is 2. The van der Waals surface area contributed by atoms with Crippen molar-refractivity contribution in [2.45, 2.75) is 26.0 Å². The van der Waals surface area contributed by atoms with Crippen molar-refractivity contribution in [2.24, 2.45) is 4.99 Å². The highest BCUT2D eigenvalue weighted by atomic mass is 32.1. The predicted molar refractivity (Wildman–Crippen MR) is 97.5 cm³/mol. The molecule has 24 heavy (non-hydrogen) atoms. The third-order valence-corrected chi connectivity index (χ3v) is 4.16. The fourth-order valence-corrected chi connectivity index (χ4v) is 2.87. The lowest BCUT2D eigenvalue weighted by atomic mass is 9.99. The van der Waals surface area contributed by atoms with Crippen LogP contribution in [0.1, 0.15) is 25.1 Å². The quantitative estimate of drug-likeness (QED) is 0.528. The van der Waals surface area contributed by atoms with E-state index < -0.39 is 5.60 Å². The van der Waals surface area contributed by atoms with Crippen molar-refractivity contribution in [1.29, 1.82) is 0 Å². The van der Waals surface area contributed by atoms with Crippen LogP contribution in [0.5, 0.6) is 5.88 Å². The van der Waals surface area contributed by atoms with E-state index in [1.807, 2.05) is 35.9 Å². The number of guanidine groups is 1. The SMILES string of the molecule is CCNC(=NCc1cccc(OC)n1)NCC(C)(O)c1ccsc1. The Kier molecular flexibility index (Phi) is 6.57. The number of rotatable bonds is 7. The molecule has 0 aliphatic heterocycles. The van der Waals surface area contributed by atoms with E-state index in [1.54, 1.807) is 31.4 Å². The number of nitrogens with one attached hydrogen (secondary N) is 2. The highest BCUT2D eigenvalue weighted by molar-refractivity contribution is 7.08. The van der Waals surface area contributed by atoms with Crippen LogP contribution in [0.2, 0.25) is 0 Å². The molecule has 0 aliphatic rings. The van der Waals surface area contributed by atoms with Crippen molar-refractivity contribution in [3.05, 3.63) is 46.3 Å². The molecule has 3 N–H and O–H groups in total. The van der Waals surface area contributed by atoms with E-state index in [0.29, 0.717) is 24.9 Å². The molecule has 2 heterocycles. The average Bonchev–Trinajstić information content (AvgIpc) is 3.13. The Morgan fingerprint density at radius 3 is 2.88 bits per heavy atom. The molecule has 0 fully saturated rings. The number of ether oxygens (including phenoxy) is 1. The Morgan fingerprint density at radius 1 is 1.38 bits per heavy atom. The molecule has 2 aromatic heterocycles. The molecule has 2 rings (SSSR count). The van der Waals surface area contributed by atoms with Crippen LogP contribution in [0.15, 0.2) is 40.0 Å². The number of hydrogen-bond donors (Lipinski definition) is 3. The summed E-state index contributed by atoms with van der Waals surface area (Å²) in [5.41, 5.74) is 0.756. The van der Waals surface area contributed by atoms with Gasteiger partial charge in [-0.15, -0.1) is 0 Å². The van der Waals surface area contributed by atoms with Crippen molar-refractivity contribution in [3.63, 3.8) is 0 Å². The normalized spacial score (nSPS) is 14.1. The molecule has 1 atom stereocenters. The molecule has 0 aliphatic carbocycles. The maximum absolute atomic E-state index is 10.6. The summed E-state index contributed by atoms with van der Waals surface area (Å²) in [7, 11) is 1.59. The zero-order chi connectivity index (χ0) is 17.4. The van der Waals surface area contributed by atoms with Crippen molar-refractivity contribution < 1.29 is 9.84 Å². The van der Waals surface area contributed by atoms with Gasteiger partial charge in [-0.1, -0.05) is 6.07 Å². The molecule has 0 aromatic carbocycles. The number of hydrogen-bond acceptors (Lipinski definition) is 5. The summed E-state index contributed by atoms with van der Waals surface area (Å²) in [6.07, 6.45) is 0. The number of aliphatic hydroxyl groups is 1. The van der Waals surface area contributed by atoms with Gasteiger partial charge in [0.1, 0.15) is 5.60 Å². The third-order valence-electron chi connectivity index (χ3n) is 3.48. The second-order valence-corrected chi connectivity index (χ2v) is 6.29. The predicted octanol–water partition coefficient (Wildman–Crippen LogP) is 2.11. The van der Waals surface area contributed by atoms with Gasteiger partial charge in [-0.05, 0) is 42.3 Å². The number of aliphatic imine (C=N–C) groups is 1. The van der Waals surface area contributed by atoms with E-state index in [2.05, 4.69) is 20.6 Å². The van der Waals surface area contributed by atoms with Gasteiger partial charge in [-0.3, -0.25) is 0 Å². The monoisotopic (exact) mass is 348 g/mol. The van der Waals surface area contributed by atoms with E-state index in [9.17, 15) is 5.11 Å². The third kappa shape index (κ3) is 5.21. The Hall–Kier alpha value is -2.12. The van der Waals surface area contributed by atoms with Crippen molar-refractivity contribution >= 4 is 17.3 Å². The average molecular weight is 348 g/mol. The van der Waals surface area contributed by atoms with Gasteiger partial charge in [-0.2, -0.15) is 11.3 Å². The molecule has 0 radical (unpaired) electrons.